The van der Waals surface area contributed by atoms with E-state index in [-0.39, 0.29) is 51.9 Å². The van der Waals surface area contributed by atoms with Crippen LogP contribution in [0.25, 0.3) is 21.8 Å². The Balaban J connectivity index is 0.000000224. The first-order valence-corrected chi connectivity index (χ1v) is 16.8. The fraction of sp³-hybridized carbons (Fsp3) is 0.200. The predicted octanol–water partition coefficient (Wildman–Crippen LogP) is 4.82. The van der Waals surface area contributed by atoms with Crippen molar-refractivity contribution in [3.63, 3.8) is 0 Å². The molecule has 8 rings (SSSR count). The first kappa shape index (κ1) is 40.4. The van der Waals surface area contributed by atoms with Gasteiger partial charge in [-0.2, -0.15) is 0 Å². The zero-order valence-electron chi connectivity index (χ0n) is 29.8. The van der Waals surface area contributed by atoms with Crippen LogP contribution in [-0.4, -0.2) is 93.4 Å². The Hall–Kier alpha value is -5.40. The van der Waals surface area contributed by atoms with E-state index in [2.05, 4.69) is 32.1 Å². The number of aromatic amines is 2. The fourth-order valence-electron chi connectivity index (χ4n) is 6.60. The van der Waals surface area contributed by atoms with E-state index in [0.717, 1.165) is 44.3 Å². The number of para-hydroxylation sites is 4. The number of carbonyl (C=O) groups is 2. The van der Waals surface area contributed by atoms with Crippen molar-refractivity contribution in [3.8, 4) is 0 Å². The Morgan fingerprint density at radius 3 is 1.26 bits per heavy atom. The van der Waals surface area contributed by atoms with Crippen molar-refractivity contribution in [3.05, 3.63) is 133 Å². The first-order valence-electron chi connectivity index (χ1n) is 16.8. The summed E-state index contributed by atoms with van der Waals surface area (Å²) in [6, 6.07) is 34.7. The number of hydrogen-bond donors (Lipinski definition) is 2. The zero-order chi connectivity index (χ0) is 34.8. The third-order valence-electron chi connectivity index (χ3n) is 9.64. The summed E-state index contributed by atoms with van der Waals surface area (Å²) in [5.41, 5.74) is 5.86. The summed E-state index contributed by atoms with van der Waals surface area (Å²) >= 11 is 0. The number of fused-ring (bicyclic) bond motifs is 2. The number of nitrogens with one attached hydrogen (secondary N) is 2. The van der Waals surface area contributed by atoms with Crippen molar-refractivity contribution in [1.82, 2.24) is 20.0 Å². The molecular weight excluding hydrogens is 720 g/mol. The normalized spacial score (nSPS) is 20.5. The van der Waals surface area contributed by atoms with Gasteiger partial charge in [0.1, 0.15) is 12.1 Å². The molecule has 6 N–H and O–H groups in total. The molecule has 0 saturated carbocycles. The van der Waals surface area contributed by atoms with Gasteiger partial charge in [-0.05, 0) is 50.2 Å². The summed E-state index contributed by atoms with van der Waals surface area (Å²) in [7, 11) is 3.85. The minimum atomic E-state index is -0.418. The van der Waals surface area contributed by atoms with Gasteiger partial charge in [-0.3, -0.25) is 19.6 Å². The number of aromatic nitrogens is 2. The molecule has 4 heterocycles. The summed E-state index contributed by atoms with van der Waals surface area (Å²) in [5, 5.41) is 9.54. The number of hydrogen-bond acceptors (Lipinski definition) is 6. The van der Waals surface area contributed by atoms with Crippen LogP contribution in [0.3, 0.4) is 0 Å². The van der Waals surface area contributed by atoms with E-state index in [9.17, 15) is 9.59 Å². The summed E-state index contributed by atoms with van der Waals surface area (Å²) in [5.74, 6) is -0.00502. The maximum absolute atomic E-state index is 12.9. The number of carbonyl (C=O) groups excluding carboxylic acids is 2. The maximum atomic E-state index is 12.9. The van der Waals surface area contributed by atoms with Crippen molar-refractivity contribution in [2.75, 3.05) is 24.1 Å². The molecule has 0 aliphatic carbocycles. The van der Waals surface area contributed by atoms with Crippen molar-refractivity contribution >= 4 is 57.4 Å². The minimum Gasteiger partial charge on any atom is -0.412 e. The van der Waals surface area contributed by atoms with Crippen LogP contribution in [0.4, 0.5) is 11.4 Å². The summed E-state index contributed by atoms with van der Waals surface area (Å²) in [6.45, 7) is 4.05. The number of anilines is 2. The molecular formula is C40H44CuN8O4. The number of nitrogens with zero attached hydrogens (tertiary/aromatic N) is 6. The molecule has 2 aliphatic heterocycles. The van der Waals surface area contributed by atoms with Crippen LogP contribution >= 0.6 is 0 Å². The van der Waals surface area contributed by atoms with Crippen molar-refractivity contribution < 1.29 is 37.6 Å². The third-order valence-corrected chi connectivity index (χ3v) is 9.64. The van der Waals surface area contributed by atoms with Gasteiger partial charge in [0.15, 0.2) is 0 Å². The monoisotopic (exact) mass is 763 g/mol. The molecule has 53 heavy (non-hydrogen) atoms. The standard InChI is InChI=1S/2C20H20N4O.Cu.2H2O/c2*1-14-19(20(25)24(23(14)2)16-8-4-3-5-9-16)22-13-15-12-21-18-11-7-6-10-17(15)18;;;/h2*3-14,19,21H,1-2H3;;2*1H2. The van der Waals surface area contributed by atoms with Gasteiger partial charge in [0, 0.05) is 88.9 Å². The molecule has 13 heteroatoms. The quantitative estimate of drug-likeness (QED) is 0.184. The maximum Gasteiger partial charge on any atom is 0.268 e. The van der Waals surface area contributed by atoms with Gasteiger partial charge in [-0.25, -0.2) is 20.0 Å². The van der Waals surface area contributed by atoms with E-state index in [1.807, 2.05) is 147 Å². The van der Waals surface area contributed by atoms with Crippen LogP contribution < -0.4 is 10.0 Å². The van der Waals surface area contributed by atoms with Gasteiger partial charge in [-0.15, -0.1) is 0 Å². The van der Waals surface area contributed by atoms with Crippen molar-refractivity contribution in [2.45, 2.75) is 38.0 Å². The third kappa shape index (κ3) is 7.86. The van der Waals surface area contributed by atoms with Crippen LogP contribution in [0, 0.1) is 0 Å². The molecule has 2 aromatic heterocycles. The average Bonchev–Trinajstić information content (AvgIpc) is 3.86. The number of hydrazine groups is 2. The summed E-state index contributed by atoms with van der Waals surface area (Å²) < 4.78 is 0. The second-order valence-electron chi connectivity index (χ2n) is 12.6. The van der Waals surface area contributed by atoms with Crippen LogP contribution in [0.1, 0.15) is 25.0 Å². The van der Waals surface area contributed by atoms with E-state index in [4.69, 9.17) is 0 Å². The van der Waals surface area contributed by atoms with E-state index in [0.29, 0.717) is 0 Å². The van der Waals surface area contributed by atoms with E-state index >= 15 is 0 Å². The van der Waals surface area contributed by atoms with Gasteiger partial charge in [0.2, 0.25) is 0 Å². The summed E-state index contributed by atoms with van der Waals surface area (Å²) in [6.07, 6.45) is 7.47. The van der Waals surface area contributed by atoms with Crippen LogP contribution in [-0.2, 0) is 26.7 Å². The van der Waals surface area contributed by atoms with Gasteiger partial charge >= 0.3 is 0 Å². The number of amides is 2. The Morgan fingerprint density at radius 2 is 0.887 bits per heavy atom. The predicted molar refractivity (Wildman–Crippen MR) is 209 cm³/mol. The van der Waals surface area contributed by atoms with E-state index < -0.39 is 12.1 Å². The average molecular weight is 764 g/mol. The first-order chi connectivity index (χ1) is 24.3. The van der Waals surface area contributed by atoms with Crippen LogP contribution in [0.15, 0.2) is 132 Å². The molecule has 2 fully saturated rings. The fourth-order valence-corrected chi connectivity index (χ4v) is 6.60. The molecule has 4 unspecified atom stereocenters. The number of likely N-dealkylation sites (N-methyl/N-ethyl adjacent to an activating group) is 2. The molecule has 1 radical (unpaired) electrons. The SMILES string of the molecule is CC1C(N=Cc2c[nH]c3ccccc23)C(=O)N(c2ccccc2)N1C.CC1C(N=Cc2c[nH]c3ccccc23)C(=O)N(c2ccccc2)N1C.O.O.[Cu]. The van der Waals surface area contributed by atoms with Crippen LogP contribution in [0.5, 0.6) is 0 Å². The Morgan fingerprint density at radius 1 is 0.547 bits per heavy atom. The molecule has 2 saturated heterocycles. The molecule has 4 aromatic carbocycles. The van der Waals surface area contributed by atoms with Gasteiger partial charge in [0.05, 0.1) is 23.5 Å². The van der Waals surface area contributed by atoms with E-state index in [1.165, 1.54) is 0 Å². The van der Waals surface area contributed by atoms with Crippen LogP contribution in [0.2, 0.25) is 0 Å². The second kappa shape index (κ2) is 17.4. The van der Waals surface area contributed by atoms with Crippen molar-refractivity contribution in [1.29, 1.82) is 0 Å². The van der Waals surface area contributed by atoms with E-state index in [1.54, 1.807) is 22.4 Å². The Bertz CT molecular complexity index is 2030. The largest absolute Gasteiger partial charge is 0.412 e. The van der Waals surface area contributed by atoms with Gasteiger partial charge < -0.3 is 20.9 Å². The summed E-state index contributed by atoms with van der Waals surface area (Å²) in [4.78, 5) is 41.5. The number of aliphatic imine (C=N–C) groups is 2. The second-order valence-corrected chi connectivity index (χ2v) is 12.6. The molecule has 279 valence electrons. The van der Waals surface area contributed by atoms with Gasteiger partial charge in [0.25, 0.3) is 11.8 Å². The molecule has 0 spiro atoms. The number of H-pyrrole nitrogens is 2. The Labute approximate surface area is 318 Å². The molecule has 4 atom stereocenters. The van der Waals surface area contributed by atoms with Gasteiger partial charge in [-0.1, -0.05) is 72.8 Å². The van der Waals surface area contributed by atoms with Crippen molar-refractivity contribution in [2.24, 2.45) is 9.98 Å². The molecule has 0 bridgehead atoms. The number of benzene rings is 4. The number of rotatable bonds is 6. The molecule has 2 amide bonds. The topological polar surface area (TPSA) is 166 Å². The molecule has 2 aliphatic rings. The minimum absolute atomic E-state index is 0. The Kier molecular flexibility index (Phi) is 13.3. The zero-order valence-corrected chi connectivity index (χ0v) is 30.8. The molecule has 6 aromatic rings. The smallest absolute Gasteiger partial charge is 0.268 e. The molecule has 12 nitrogen and oxygen atoms in total.